The summed E-state index contributed by atoms with van der Waals surface area (Å²) in [7, 11) is 0. The highest BCUT2D eigenvalue weighted by atomic mass is 35.5. The first-order valence-corrected chi connectivity index (χ1v) is 12.5. The first-order valence-electron chi connectivity index (χ1n) is 12.1. The SMILES string of the molecule is CC(NCCn1cc(NC(=O)c2cnn3cccnc23)c(-c2cc(Cl)ccc2OC(F)F)n1)c1ccccc1. The molecule has 0 saturated heterocycles. The van der Waals surface area contributed by atoms with Gasteiger partial charge in [-0.05, 0) is 36.8 Å². The van der Waals surface area contributed by atoms with Crippen LogP contribution in [-0.2, 0) is 6.54 Å². The van der Waals surface area contributed by atoms with E-state index in [1.54, 1.807) is 29.3 Å². The smallest absolute Gasteiger partial charge is 0.387 e. The van der Waals surface area contributed by atoms with Crippen molar-refractivity contribution in [2.75, 3.05) is 11.9 Å². The van der Waals surface area contributed by atoms with Crippen molar-refractivity contribution in [3.05, 3.63) is 95.5 Å². The lowest BCUT2D eigenvalue weighted by Gasteiger charge is -2.14. The van der Waals surface area contributed by atoms with Crippen molar-refractivity contribution in [1.82, 2.24) is 29.7 Å². The van der Waals surface area contributed by atoms with Crippen molar-refractivity contribution in [3.63, 3.8) is 0 Å². The van der Waals surface area contributed by atoms with E-state index < -0.39 is 12.5 Å². The van der Waals surface area contributed by atoms with Gasteiger partial charge in [0.25, 0.3) is 5.91 Å². The molecule has 12 heteroatoms. The van der Waals surface area contributed by atoms with Gasteiger partial charge in [0.05, 0.1) is 18.4 Å². The van der Waals surface area contributed by atoms with Crippen molar-refractivity contribution in [2.24, 2.45) is 0 Å². The third-order valence-corrected chi connectivity index (χ3v) is 6.27. The number of nitrogens with zero attached hydrogens (tertiary/aromatic N) is 5. The number of hydrogen-bond acceptors (Lipinski definition) is 6. The van der Waals surface area contributed by atoms with E-state index in [2.05, 4.69) is 32.7 Å². The molecule has 1 amide bonds. The monoisotopic (exact) mass is 551 g/mol. The molecule has 0 radical (unpaired) electrons. The minimum absolute atomic E-state index is 0.0995. The van der Waals surface area contributed by atoms with E-state index >= 15 is 0 Å². The molecule has 5 rings (SSSR count). The molecule has 0 bridgehead atoms. The number of fused-ring (bicyclic) bond motifs is 1. The van der Waals surface area contributed by atoms with E-state index in [0.717, 1.165) is 5.56 Å². The fraction of sp³-hybridized carbons (Fsp3) is 0.185. The van der Waals surface area contributed by atoms with Crippen LogP contribution in [0.2, 0.25) is 5.02 Å². The van der Waals surface area contributed by atoms with Crippen LogP contribution in [0.1, 0.15) is 28.9 Å². The van der Waals surface area contributed by atoms with Crippen LogP contribution < -0.4 is 15.4 Å². The van der Waals surface area contributed by atoms with E-state index in [-0.39, 0.29) is 34.3 Å². The van der Waals surface area contributed by atoms with Crippen molar-refractivity contribution in [2.45, 2.75) is 26.1 Å². The number of halogens is 3. The molecule has 9 nitrogen and oxygen atoms in total. The third-order valence-electron chi connectivity index (χ3n) is 6.04. The van der Waals surface area contributed by atoms with Crippen molar-refractivity contribution in [1.29, 1.82) is 0 Å². The van der Waals surface area contributed by atoms with Gasteiger partial charge in [0.15, 0.2) is 5.65 Å². The number of anilines is 1. The molecule has 39 heavy (non-hydrogen) atoms. The minimum Gasteiger partial charge on any atom is -0.434 e. The Hall–Kier alpha value is -4.35. The van der Waals surface area contributed by atoms with Crippen LogP contribution in [0.5, 0.6) is 5.75 Å². The fourth-order valence-electron chi connectivity index (χ4n) is 4.14. The zero-order valence-corrected chi connectivity index (χ0v) is 21.5. The van der Waals surface area contributed by atoms with E-state index in [1.165, 1.54) is 28.9 Å². The average Bonchev–Trinajstić information content (AvgIpc) is 3.54. The van der Waals surface area contributed by atoms with Crippen LogP contribution in [0.3, 0.4) is 0 Å². The maximum absolute atomic E-state index is 13.2. The summed E-state index contributed by atoms with van der Waals surface area (Å²) in [6.45, 7) is -0.0131. The van der Waals surface area contributed by atoms with Crippen LogP contribution in [0, 0.1) is 0 Å². The van der Waals surface area contributed by atoms with E-state index in [0.29, 0.717) is 23.8 Å². The number of carbonyl (C=O) groups is 1. The van der Waals surface area contributed by atoms with Gasteiger partial charge in [0.1, 0.15) is 17.0 Å². The molecule has 5 aromatic rings. The highest BCUT2D eigenvalue weighted by molar-refractivity contribution is 6.31. The van der Waals surface area contributed by atoms with E-state index in [4.69, 9.17) is 16.3 Å². The second-order valence-corrected chi connectivity index (χ2v) is 9.10. The highest BCUT2D eigenvalue weighted by Crippen LogP contribution is 2.37. The number of carbonyl (C=O) groups excluding carboxylic acids is 1. The van der Waals surface area contributed by atoms with Crippen LogP contribution >= 0.6 is 11.6 Å². The molecular formula is C27H24ClF2N7O2. The predicted octanol–water partition coefficient (Wildman–Crippen LogP) is 5.45. The van der Waals surface area contributed by atoms with Crippen LogP contribution in [0.25, 0.3) is 16.9 Å². The molecule has 0 fully saturated rings. The molecule has 3 heterocycles. The minimum atomic E-state index is -3.06. The summed E-state index contributed by atoms with van der Waals surface area (Å²) in [5, 5.41) is 15.3. The Bertz CT molecular complexity index is 1590. The second kappa shape index (κ2) is 11.6. The van der Waals surface area contributed by atoms with Gasteiger partial charge in [-0.15, -0.1) is 0 Å². The number of hydrogen-bond donors (Lipinski definition) is 2. The van der Waals surface area contributed by atoms with Gasteiger partial charge >= 0.3 is 6.61 Å². The second-order valence-electron chi connectivity index (χ2n) is 8.66. The lowest BCUT2D eigenvalue weighted by molar-refractivity contribution is -0.0494. The molecule has 0 spiro atoms. The summed E-state index contributed by atoms with van der Waals surface area (Å²) in [6, 6.07) is 16.0. The van der Waals surface area contributed by atoms with Crippen LogP contribution in [-0.4, -0.2) is 43.4 Å². The Balaban J connectivity index is 1.44. The molecule has 2 aromatic carbocycles. The number of alkyl halides is 2. The van der Waals surface area contributed by atoms with Gasteiger partial charge in [0.2, 0.25) is 0 Å². The van der Waals surface area contributed by atoms with Gasteiger partial charge in [0, 0.05) is 41.8 Å². The maximum atomic E-state index is 13.2. The summed E-state index contributed by atoms with van der Waals surface area (Å²) in [5.74, 6) is -0.609. The standard InChI is InChI=1S/C27H24ClF2N7O2/c1-17(18-6-3-2-4-7-18)31-11-13-36-16-22(34-26(38)21-15-33-37-12-5-10-32-25(21)37)24(35-36)20-14-19(28)8-9-23(20)39-27(29)30/h2-10,12,14-17,27,31H,11,13H2,1H3,(H,34,38). The lowest BCUT2D eigenvalue weighted by Crippen LogP contribution is -2.23. The largest absolute Gasteiger partial charge is 0.434 e. The Morgan fingerprint density at radius 1 is 1.15 bits per heavy atom. The summed E-state index contributed by atoms with van der Waals surface area (Å²) in [6.07, 6.45) is 6.27. The third kappa shape index (κ3) is 6.05. The normalized spacial score (nSPS) is 12.1. The zero-order chi connectivity index (χ0) is 27.4. The number of aromatic nitrogens is 5. The van der Waals surface area contributed by atoms with Gasteiger partial charge in [-0.1, -0.05) is 41.9 Å². The topological polar surface area (TPSA) is 98.4 Å². The Labute approximate surface area is 227 Å². The molecule has 0 aliphatic heterocycles. The maximum Gasteiger partial charge on any atom is 0.387 e. The number of ether oxygens (including phenoxy) is 1. The van der Waals surface area contributed by atoms with Gasteiger partial charge in [-0.25, -0.2) is 9.50 Å². The molecule has 3 aromatic heterocycles. The van der Waals surface area contributed by atoms with E-state index in [1.807, 2.05) is 30.3 Å². The Morgan fingerprint density at radius 2 is 1.97 bits per heavy atom. The molecule has 0 aliphatic rings. The molecule has 0 saturated carbocycles. The average molecular weight is 552 g/mol. The van der Waals surface area contributed by atoms with Crippen molar-refractivity contribution < 1.29 is 18.3 Å². The first-order chi connectivity index (χ1) is 18.9. The summed E-state index contributed by atoms with van der Waals surface area (Å²) in [5.41, 5.74) is 2.46. The molecule has 200 valence electrons. The van der Waals surface area contributed by atoms with Crippen LogP contribution in [0.15, 0.2) is 79.4 Å². The first kappa shape index (κ1) is 26.3. The summed E-state index contributed by atoms with van der Waals surface area (Å²) in [4.78, 5) is 17.5. The number of nitrogens with one attached hydrogen (secondary N) is 2. The van der Waals surface area contributed by atoms with Gasteiger partial charge < -0.3 is 15.4 Å². The predicted molar refractivity (Wildman–Crippen MR) is 143 cm³/mol. The van der Waals surface area contributed by atoms with E-state index in [9.17, 15) is 13.6 Å². The van der Waals surface area contributed by atoms with Crippen LogP contribution in [0.4, 0.5) is 14.5 Å². The molecule has 1 unspecified atom stereocenters. The molecular weight excluding hydrogens is 528 g/mol. The summed E-state index contributed by atoms with van der Waals surface area (Å²) < 4.78 is 34.2. The van der Waals surface area contributed by atoms with Crippen molar-refractivity contribution in [3.8, 4) is 17.0 Å². The van der Waals surface area contributed by atoms with Gasteiger partial charge in [-0.3, -0.25) is 9.48 Å². The van der Waals surface area contributed by atoms with Gasteiger partial charge in [-0.2, -0.15) is 19.0 Å². The lowest BCUT2D eigenvalue weighted by atomic mass is 10.1. The Kier molecular flexibility index (Phi) is 7.80. The fourth-order valence-corrected chi connectivity index (χ4v) is 4.32. The van der Waals surface area contributed by atoms with Crippen molar-refractivity contribution >= 4 is 28.8 Å². The zero-order valence-electron chi connectivity index (χ0n) is 20.8. The molecule has 0 aliphatic carbocycles. The number of rotatable bonds is 10. The summed E-state index contributed by atoms with van der Waals surface area (Å²) >= 11 is 6.20. The number of amides is 1. The quantitative estimate of drug-likeness (QED) is 0.239. The molecule has 1 atom stereocenters. The number of benzene rings is 2. The highest BCUT2D eigenvalue weighted by Gasteiger charge is 2.22. The Morgan fingerprint density at radius 3 is 2.77 bits per heavy atom. The molecule has 2 N–H and O–H groups in total.